The van der Waals surface area contributed by atoms with Gasteiger partial charge in [-0.1, -0.05) is 40.2 Å². The maximum absolute atomic E-state index is 11.8. The van der Waals surface area contributed by atoms with E-state index >= 15 is 0 Å². The van der Waals surface area contributed by atoms with Gasteiger partial charge in [-0.05, 0) is 23.8 Å². The summed E-state index contributed by atoms with van der Waals surface area (Å²) in [5.74, 6) is -0.268. The molecule has 0 aromatic heterocycles. The summed E-state index contributed by atoms with van der Waals surface area (Å²) in [6.07, 6.45) is 0.354. The van der Waals surface area contributed by atoms with Crippen molar-refractivity contribution in [2.24, 2.45) is 0 Å². The van der Waals surface area contributed by atoms with Gasteiger partial charge in [-0.2, -0.15) is 0 Å². The van der Waals surface area contributed by atoms with Crippen LogP contribution in [0.1, 0.15) is 27.6 Å². The van der Waals surface area contributed by atoms with E-state index in [1.165, 1.54) is 0 Å². The summed E-state index contributed by atoms with van der Waals surface area (Å²) in [6.45, 7) is 0. The van der Waals surface area contributed by atoms with Crippen LogP contribution in [0.15, 0.2) is 46.9 Å². The first kappa shape index (κ1) is 12.2. The summed E-state index contributed by atoms with van der Waals surface area (Å²) in [4.78, 5) is 11.8. The fourth-order valence-corrected chi connectivity index (χ4v) is 2.67. The maximum atomic E-state index is 11.8. The van der Waals surface area contributed by atoms with Crippen LogP contribution in [-0.4, -0.2) is 5.97 Å². The van der Waals surface area contributed by atoms with Gasteiger partial charge in [0.15, 0.2) is 0 Å². The molecule has 19 heavy (non-hydrogen) atoms. The maximum Gasteiger partial charge on any atom is 0.339 e. The van der Waals surface area contributed by atoms with Crippen molar-refractivity contribution in [3.05, 3.63) is 63.6 Å². The zero-order valence-electron chi connectivity index (χ0n) is 10.1. The molecule has 1 aliphatic heterocycles. The van der Waals surface area contributed by atoms with Gasteiger partial charge in [-0.15, -0.1) is 0 Å². The van der Waals surface area contributed by atoms with Crippen molar-refractivity contribution in [1.29, 1.82) is 0 Å². The highest BCUT2D eigenvalue weighted by atomic mass is 79.9. The highest BCUT2D eigenvalue weighted by Gasteiger charge is 2.31. The predicted molar refractivity (Wildman–Crippen MR) is 76.9 cm³/mol. The van der Waals surface area contributed by atoms with Crippen LogP contribution < -0.4 is 5.73 Å². The molecule has 96 valence electrons. The number of nitrogen functional groups attached to an aromatic ring is 1. The number of hydrogen-bond acceptors (Lipinski definition) is 3. The lowest BCUT2D eigenvalue weighted by atomic mass is 9.98. The largest absolute Gasteiger partial charge is 0.454 e. The molecule has 0 amide bonds. The number of fused-ring (bicyclic) bond motifs is 1. The second kappa shape index (κ2) is 4.70. The van der Waals surface area contributed by atoms with Crippen LogP contribution in [-0.2, 0) is 11.2 Å². The van der Waals surface area contributed by atoms with E-state index in [0.29, 0.717) is 12.0 Å². The average Bonchev–Trinajstić information content (AvgIpc) is 2.69. The molecule has 3 rings (SSSR count). The highest BCUT2D eigenvalue weighted by molar-refractivity contribution is 9.10. The molecule has 1 aliphatic rings. The van der Waals surface area contributed by atoms with Gasteiger partial charge in [0.25, 0.3) is 0 Å². The van der Waals surface area contributed by atoms with Crippen LogP contribution in [0.4, 0.5) is 5.69 Å². The minimum Gasteiger partial charge on any atom is -0.454 e. The molecule has 0 aliphatic carbocycles. The van der Waals surface area contributed by atoms with E-state index < -0.39 is 0 Å². The number of carbonyl (C=O) groups excluding carboxylic acids is 1. The topological polar surface area (TPSA) is 52.3 Å². The Bertz CT molecular complexity index is 654. The van der Waals surface area contributed by atoms with E-state index in [0.717, 1.165) is 21.3 Å². The molecule has 1 heterocycles. The summed E-state index contributed by atoms with van der Waals surface area (Å²) in [6, 6.07) is 13.3. The molecular formula is C15H12BrNO2. The first-order valence-electron chi connectivity index (χ1n) is 5.99. The van der Waals surface area contributed by atoms with Crippen LogP contribution in [0.5, 0.6) is 0 Å². The Morgan fingerprint density at radius 2 is 2.00 bits per heavy atom. The monoisotopic (exact) mass is 317 g/mol. The van der Waals surface area contributed by atoms with Crippen molar-refractivity contribution in [3.8, 4) is 0 Å². The van der Waals surface area contributed by atoms with E-state index in [-0.39, 0.29) is 12.1 Å². The Morgan fingerprint density at radius 1 is 1.21 bits per heavy atom. The van der Waals surface area contributed by atoms with Gasteiger partial charge < -0.3 is 10.5 Å². The third-order valence-corrected chi connectivity index (χ3v) is 3.79. The van der Waals surface area contributed by atoms with Crippen molar-refractivity contribution in [3.63, 3.8) is 0 Å². The van der Waals surface area contributed by atoms with E-state index in [4.69, 9.17) is 10.5 Å². The molecule has 0 fully saturated rings. The Hall–Kier alpha value is -1.81. The molecule has 2 N–H and O–H groups in total. The smallest absolute Gasteiger partial charge is 0.339 e. The lowest BCUT2D eigenvalue weighted by Crippen LogP contribution is -2.04. The number of cyclic esters (lactones) is 1. The van der Waals surface area contributed by atoms with E-state index in [1.54, 1.807) is 6.07 Å². The van der Waals surface area contributed by atoms with Gasteiger partial charge >= 0.3 is 5.97 Å². The molecule has 0 bridgehead atoms. The third kappa shape index (κ3) is 2.24. The van der Waals surface area contributed by atoms with Crippen molar-refractivity contribution >= 4 is 27.6 Å². The Morgan fingerprint density at radius 3 is 2.79 bits per heavy atom. The molecule has 2 aromatic rings. The summed E-state index contributed by atoms with van der Waals surface area (Å²) < 4.78 is 6.31. The molecule has 4 heteroatoms. The number of ether oxygens (including phenoxy) is 1. The zero-order chi connectivity index (χ0) is 13.4. The van der Waals surface area contributed by atoms with E-state index in [1.807, 2.05) is 36.4 Å². The minimum atomic E-state index is -0.268. The number of carbonyl (C=O) groups is 1. The molecule has 0 saturated heterocycles. The van der Waals surface area contributed by atoms with Crippen molar-refractivity contribution in [1.82, 2.24) is 0 Å². The van der Waals surface area contributed by atoms with Crippen LogP contribution in [0.2, 0.25) is 0 Å². The van der Waals surface area contributed by atoms with Gasteiger partial charge in [0.1, 0.15) is 6.10 Å². The lowest BCUT2D eigenvalue weighted by Gasteiger charge is -2.12. The summed E-state index contributed by atoms with van der Waals surface area (Å²) >= 11 is 3.36. The molecule has 3 nitrogen and oxygen atoms in total. The fraction of sp³-hybridized carbons (Fsp3) is 0.133. The summed E-state index contributed by atoms with van der Waals surface area (Å²) in [5, 5.41) is 0. The summed E-state index contributed by atoms with van der Waals surface area (Å²) in [7, 11) is 0. The molecule has 2 aromatic carbocycles. The van der Waals surface area contributed by atoms with Crippen molar-refractivity contribution < 1.29 is 9.53 Å². The highest BCUT2D eigenvalue weighted by Crippen LogP contribution is 2.35. The van der Waals surface area contributed by atoms with E-state index in [9.17, 15) is 4.79 Å². The Kier molecular flexibility index (Phi) is 3.03. The SMILES string of the molecule is Nc1ccccc1CC1OC(=O)c2cc(Br)ccc21. The number of para-hydroxylation sites is 1. The second-order valence-electron chi connectivity index (χ2n) is 4.53. The van der Waals surface area contributed by atoms with Crippen molar-refractivity contribution in [2.75, 3.05) is 5.73 Å². The number of nitrogens with two attached hydrogens (primary N) is 1. The van der Waals surface area contributed by atoms with Gasteiger partial charge in [-0.25, -0.2) is 4.79 Å². The quantitative estimate of drug-likeness (QED) is 0.681. The van der Waals surface area contributed by atoms with Gasteiger partial charge in [0, 0.05) is 22.1 Å². The van der Waals surface area contributed by atoms with E-state index in [2.05, 4.69) is 15.9 Å². The molecule has 0 saturated carbocycles. The normalized spacial score (nSPS) is 17.1. The number of halogens is 1. The van der Waals surface area contributed by atoms with Gasteiger partial charge in [0.2, 0.25) is 0 Å². The third-order valence-electron chi connectivity index (χ3n) is 3.29. The number of anilines is 1. The predicted octanol–water partition coefficient (Wildman–Crippen LogP) is 3.49. The minimum absolute atomic E-state index is 0.250. The average molecular weight is 318 g/mol. The van der Waals surface area contributed by atoms with Crippen LogP contribution in [0, 0.1) is 0 Å². The van der Waals surface area contributed by atoms with Crippen LogP contribution >= 0.6 is 15.9 Å². The Labute approximate surface area is 119 Å². The molecule has 0 radical (unpaired) electrons. The van der Waals surface area contributed by atoms with Gasteiger partial charge in [-0.3, -0.25) is 0 Å². The van der Waals surface area contributed by atoms with Crippen LogP contribution in [0.3, 0.4) is 0 Å². The standard InChI is InChI=1S/C15H12BrNO2/c16-10-5-6-11-12(8-10)15(18)19-14(11)7-9-3-1-2-4-13(9)17/h1-6,8,14H,7,17H2. The summed E-state index contributed by atoms with van der Waals surface area (Å²) in [5.41, 5.74) is 9.21. The number of benzene rings is 2. The molecule has 1 unspecified atom stereocenters. The Balaban J connectivity index is 1.94. The fourth-order valence-electron chi connectivity index (χ4n) is 2.31. The molecular weight excluding hydrogens is 306 g/mol. The van der Waals surface area contributed by atoms with Crippen molar-refractivity contribution in [2.45, 2.75) is 12.5 Å². The molecule has 1 atom stereocenters. The van der Waals surface area contributed by atoms with Gasteiger partial charge in [0.05, 0.1) is 5.56 Å². The van der Waals surface area contributed by atoms with Crippen LogP contribution in [0.25, 0.3) is 0 Å². The first-order chi connectivity index (χ1) is 9.15. The second-order valence-corrected chi connectivity index (χ2v) is 5.44. The number of hydrogen-bond donors (Lipinski definition) is 1. The number of esters is 1. The lowest BCUT2D eigenvalue weighted by molar-refractivity contribution is 0.0387. The number of rotatable bonds is 2. The molecule has 0 spiro atoms. The first-order valence-corrected chi connectivity index (χ1v) is 6.78. The zero-order valence-corrected chi connectivity index (χ0v) is 11.7.